The SMILES string of the molecule is CC(C)(C)c1ccc(N2CC3CN(C(=O)C4CC(=O)NCN4)CC3C2)nn1. The predicted molar refractivity (Wildman–Crippen MR) is 101 cm³/mol. The molecule has 3 fully saturated rings. The number of nitrogens with zero attached hydrogens (tertiary/aromatic N) is 4. The fourth-order valence-electron chi connectivity index (χ4n) is 4.25. The molecule has 1 aromatic rings. The Morgan fingerprint density at radius 1 is 1.11 bits per heavy atom. The van der Waals surface area contributed by atoms with Crippen LogP contribution in [-0.4, -0.2) is 65.8 Å². The zero-order chi connectivity index (χ0) is 19.2. The van der Waals surface area contributed by atoms with Crippen molar-refractivity contribution in [2.24, 2.45) is 11.8 Å². The molecule has 3 aliphatic heterocycles. The van der Waals surface area contributed by atoms with Gasteiger partial charge in [-0.1, -0.05) is 20.8 Å². The van der Waals surface area contributed by atoms with Gasteiger partial charge in [0.2, 0.25) is 11.8 Å². The van der Waals surface area contributed by atoms with E-state index in [0.717, 1.165) is 37.7 Å². The number of nitrogens with one attached hydrogen (secondary N) is 2. The summed E-state index contributed by atoms with van der Waals surface area (Å²) >= 11 is 0. The Bertz CT molecular complexity index is 715. The summed E-state index contributed by atoms with van der Waals surface area (Å²) in [5.41, 5.74) is 0.990. The van der Waals surface area contributed by atoms with Gasteiger partial charge in [0.05, 0.1) is 24.8 Å². The fourth-order valence-corrected chi connectivity index (χ4v) is 4.25. The maximum atomic E-state index is 12.7. The van der Waals surface area contributed by atoms with E-state index in [-0.39, 0.29) is 29.7 Å². The molecule has 0 spiro atoms. The molecule has 0 aliphatic carbocycles. The van der Waals surface area contributed by atoms with Gasteiger partial charge in [-0.05, 0) is 12.1 Å². The summed E-state index contributed by atoms with van der Waals surface area (Å²) in [7, 11) is 0. The van der Waals surface area contributed by atoms with Crippen LogP contribution in [0.4, 0.5) is 5.82 Å². The van der Waals surface area contributed by atoms with Gasteiger partial charge in [-0.2, -0.15) is 5.10 Å². The summed E-state index contributed by atoms with van der Waals surface area (Å²) in [5.74, 6) is 1.82. The van der Waals surface area contributed by atoms with Crippen LogP contribution in [-0.2, 0) is 15.0 Å². The number of aromatic nitrogens is 2. The van der Waals surface area contributed by atoms with Crippen LogP contribution in [0.25, 0.3) is 0 Å². The second-order valence-electron chi connectivity index (χ2n) is 8.93. The van der Waals surface area contributed by atoms with E-state index in [1.54, 1.807) is 0 Å². The van der Waals surface area contributed by atoms with Gasteiger partial charge in [0, 0.05) is 43.4 Å². The lowest BCUT2D eigenvalue weighted by Crippen LogP contribution is -2.55. The lowest BCUT2D eigenvalue weighted by atomic mass is 9.92. The highest BCUT2D eigenvalue weighted by molar-refractivity contribution is 5.89. The molecule has 3 unspecified atom stereocenters. The molecule has 3 atom stereocenters. The number of likely N-dealkylation sites (tertiary alicyclic amines) is 1. The van der Waals surface area contributed by atoms with Crippen LogP contribution < -0.4 is 15.5 Å². The molecule has 3 aliphatic rings. The summed E-state index contributed by atoms with van der Waals surface area (Å²) in [6, 6.07) is 3.73. The Morgan fingerprint density at radius 2 is 1.81 bits per heavy atom. The topological polar surface area (TPSA) is 90.5 Å². The van der Waals surface area contributed by atoms with Crippen LogP contribution in [0, 0.1) is 11.8 Å². The Kier molecular flexibility index (Phi) is 4.53. The van der Waals surface area contributed by atoms with E-state index >= 15 is 0 Å². The molecule has 146 valence electrons. The average molecular weight is 372 g/mol. The minimum absolute atomic E-state index is 0.00202. The third kappa shape index (κ3) is 3.63. The van der Waals surface area contributed by atoms with Crippen molar-refractivity contribution in [1.82, 2.24) is 25.7 Å². The van der Waals surface area contributed by atoms with Gasteiger partial charge in [-0.25, -0.2) is 0 Å². The first-order chi connectivity index (χ1) is 12.8. The van der Waals surface area contributed by atoms with Crippen molar-refractivity contribution in [3.63, 3.8) is 0 Å². The molecule has 0 bridgehead atoms. The number of hydrogen-bond acceptors (Lipinski definition) is 6. The highest BCUT2D eigenvalue weighted by Gasteiger charge is 2.43. The van der Waals surface area contributed by atoms with Gasteiger partial charge < -0.3 is 15.1 Å². The van der Waals surface area contributed by atoms with Crippen molar-refractivity contribution in [1.29, 1.82) is 0 Å². The van der Waals surface area contributed by atoms with Crippen LogP contribution >= 0.6 is 0 Å². The van der Waals surface area contributed by atoms with E-state index in [1.165, 1.54) is 0 Å². The summed E-state index contributed by atoms with van der Waals surface area (Å²) in [6.45, 7) is 10.1. The Morgan fingerprint density at radius 3 is 2.37 bits per heavy atom. The molecule has 8 heteroatoms. The average Bonchev–Trinajstić information content (AvgIpc) is 3.19. The van der Waals surface area contributed by atoms with Crippen molar-refractivity contribution in [3.05, 3.63) is 17.8 Å². The lowest BCUT2D eigenvalue weighted by Gasteiger charge is -2.28. The molecule has 3 saturated heterocycles. The monoisotopic (exact) mass is 372 g/mol. The Hall–Kier alpha value is -2.22. The highest BCUT2D eigenvalue weighted by Crippen LogP contribution is 2.34. The molecule has 4 rings (SSSR count). The van der Waals surface area contributed by atoms with Crippen LogP contribution in [0.1, 0.15) is 32.9 Å². The van der Waals surface area contributed by atoms with Gasteiger partial charge >= 0.3 is 0 Å². The molecule has 8 nitrogen and oxygen atoms in total. The van der Waals surface area contributed by atoms with Crippen molar-refractivity contribution in [2.45, 2.75) is 38.6 Å². The molecular formula is C19H28N6O2. The largest absolute Gasteiger partial charge is 0.354 e. The second-order valence-corrected chi connectivity index (χ2v) is 8.93. The number of rotatable bonds is 2. The summed E-state index contributed by atoms with van der Waals surface area (Å²) in [4.78, 5) is 28.4. The normalized spacial score (nSPS) is 28.3. The maximum Gasteiger partial charge on any atom is 0.240 e. The van der Waals surface area contributed by atoms with Crippen molar-refractivity contribution >= 4 is 17.6 Å². The summed E-state index contributed by atoms with van der Waals surface area (Å²) in [6.07, 6.45) is 0.229. The third-order valence-electron chi connectivity index (χ3n) is 5.86. The summed E-state index contributed by atoms with van der Waals surface area (Å²) < 4.78 is 0. The minimum atomic E-state index is -0.385. The van der Waals surface area contributed by atoms with Crippen molar-refractivity contribution < 1.29 is 9.59 Å². The van der Waals surface area contributed by atoms with Gasteiger partial charge in [0.15, 0.2) is 5.82 Å². The molecule has 0 aromatic carbocycles. The third-order valence-corrected chi connectivity index (χ3v) is 5.86. The van der Waals surface area contributed by atoms with E-state index in [9.17, 15) is 9.59 Å². The highest BCUT2D eigenvalue weighted by atomic mass is 16.2. The van der Waals surface area contributed by atoms with Crippen LogP contribution in [0.2, 0.25) is 0 Å². The molecule has 1 aromatic heterocycles. The molecular weight excluding hydrogens is 344 g/mol. The number of hydrogen-bond donors (Lipinski definition) is 2. The minimum Gasteiger partial charge on any atom is -0.354 e. The van der Waals surface area contributed by atoms with Gasteiger partial charge in [-0.3, -0.25) is 14.9 Å². The van der Waals surface area contributed by atoms with Crippen LogP contribution in [0.3, 0.4) is 0 Å². The first-order valence-corrected chi connectivity index (χ1v) is 9.69. The summed E-state index contributed by atoms with van der Waals surface area (Å²) in [5, 5.41) is 14.6. The molecule has 0 saturated carbocycles. The van der Waals surface area contributed by atoms with E-state index in [2.05, 4.69) is 58.6 Å². The smallest absolute Gasteiger partial charge is 0.240 e. The first-order valence-electron chi connectivity index (χ1n) is 9.69. The Labute approximate surface area is 159 Å². The van der Waals surface area contributed by atoms with E-state index < -0.39 is 0 Å². The van der Waals surface area contributed by atoms with Crippen LogP contribution in [0.15, 0.2) is 12.1 Å². The lowest BCUT2D eigenvalue weighted by molar-refractivity contribution is -0.137. The van der Waals surface area contributed by atoms with E-state index in [1.807, 2.05) is 4.90 Å². The van der Waals surface area contributed by atoms with Gasteiger partial charge in [-0.15, -0.1) is 5.10 Å². The first kappa shape index (κ1) is 18.2. The van der Waals surface area contributed by atoms with Gasteiger partial charge in [0.1, 0.15) is 0 Å². The molecule has 2 N–H and O–H groups in total. The van der Waals surface area contributed by atoms with Crippen molar-refractivity contribution in [2.75, 3.05) is 37.7 Å². The van der Waals surface area contributed by atoms with Gasteiger partial charge in [0.25, 0.3) is 0 Å². The predicted octanol–water partition coefficient (Wildman–Crippen LogP) is 0.104. The number of amides is 2. The number of fused-ring (bicyclic) bond motifs is 1. The number of carbonyl (C=O) groups excluding carboxylic acids is 2. The second kappa shape index (κ2) is 6.74. The quantitative estimate of drug-likeness (QED) is 0.766. The molecule has 0 radical (unpaired) electrons. The molecule has 27 heavy (non-hydrogen) atoms. The van der Waals surface area contributed by atoms with Crippen LogP contribution in [0.5, 0.6) is 0 Å². The van der Waals surface area contributed by atoms with E-state index in [0.29, 0.717) is 18.5 Å². The zero-order valence-corrected chi connectivity index (χ0v) is 16.2. The Balaban J connectivity index is 1.35. The standard InChI is InChI=1S/C19H28N6O2/c1-19(2,3)15-4-5-16(23-22-15)24-7-12-9-25(10-13(12)8-24)18(27)14-6-17(26)21-11-20-14/h4-5,12-14,20H,6-11H2,1-3H3,(H,21,26). The molecule has 4 heterocycles. The fraction of sp³-hybridized carbons (Fsp3) is 0.684. The maximum absolute atomic E-state index is 12.7. The van der Waals surface area contributed by atoms with Crippen molar-refractivity contribution in [3.8, 4) is 0 Å². The van der Waals surface area contributed by atoms with E-state index in [4.69, 9.17) is 0 Å². The number of anilines is 1. The molecule has 2 amide bonds. The zero-order valence-electron chi connectivity index (χ0n) is 16.2. The number of carbonyl (C=O) groups is 2.